The van der Waals surface area contributed by atoms with E-state index in [0.29, 0.717) is 22.2 Å². The summed E-state index contributed by atoms with van der Waals surface area (Å²) < 4.78 is 0. The van der Waals surface area contributed by atoms with E-state index in [2.05, 4.69) is 22.8 Å². The van der Waals surface area contributed by atoms with Crippen molar-refractivity contribution in [2.24, 2.45) is 0 Å². The minimum atomic E-state index is -0.399. The number of halogens is 2. The van der Waals surface area contributed by atoms with Crippen LogP contribution in [0.25, 0.3) is 0 Å². The molecule has 2 aromatic rings. The fraction of sp³-hybridized carbons (Fsp3) is 0.176. The van der Waals surface area contributed by atoms with Gasteiger partial charge in [0, 0.05) is 12.1 Å². The Labute approximate surface area is 145 Å². The van der Waals surface area contributed by atoms with Crippen LogP contribution < -0.4 is 10.6 Å². The molecule has 120 valence electrons. The van der Waals surface area contributed by atoms with Crippen molar-refractivity contribution in [3.05, 3.63) is 69.7 Å². The second kappa shape index (κ2) is 8.56. The molecule has 0 spiro atoms. The lowest BCUT2D eigenvalue weighted by atomic mass is 10.1. The van der Waals surface area contributed by atoms with E-state index in [1.807, 2.05) is 18.2 Å². The highest BCUT2D eigenvalue weighted by atomic mass is 35.5. The van der Waals surface area contributed by atoms with Crippen LogP contribution in [0.5, 0.6) is 0 Å². The van der Waals surface area contributed by atoms with Crippen LogP contribution >= 0.6 is 23.2 Å². The smallest absolute Gasteiger partial charge is 0.257 e. The predicted molar refractivity (Wildman–Crippen MR) is 94.4 cm³/mol. The molecule has 2 aromatic carbocycles. The maximum Gasteiger partial charge on any atom is 0.257 e. The fourth-order valence-electron chi connectivity index (χ4n) is 2.02. The van der Waals surface area contributed by atoms with E-state index in [1.54, 1.807) is 12.1 Å². The van der Waals surface area contributed by atoms with Crippen molar-refractivity contribution < 1.29 is 4.79 Å². The number of hydrogen-bond acceptors (Lipinski definition) is 2. The highest BCUT2D eigenvalue weighted by Crippen LogP contribution is 2.22. The Balaban J connectivity index is 1.73. The van der Waals surface area contributed by atoms with Gasteiger partial charge in [-0.05, 0) is 36.6 Å². The number of benzene rings is 2. The van der Waals surface area contributed by atoms with Crippen molar-refractivity contribution in [1.29, 1.82) is 5.41 Å². The zero-order valence-corrected chi connectivity index (χ0v) is 13.9. The van der Waals surface area contributed by atoms with Crippen LogP contribution in [-0.2, 0) is 6.42 Å². The molecular weight excluding hydrogens is 333 g/mol. The Morgan fingerprint density at radius 1 is 1.04 bits per heavy atom. The van der Waals surface area contributed by atoms with E-state index in [4.69, 9.17) is 28.6 Å². The summed E-state index contributed by atoms with van der Waals surface area (Å²) in [6, 6.07) is 14.7. The van der Waals surface area contributed by atoms with Gasteiger partial charge in [0.2, 0.25) is 0 Å². The minimum Gasteiger partial charge on any atom is -0.356 e. The molecule has 6 heteroatoms. The fourth-order valence-corrected chi connectivity index (χ4v) is 2.32. The average Bonchev–Trinajstić information content (AvgIpc) is 2.55. The van der Waals surface area contributed by atoms with Crippen molar-refractivity contribution in [3.63, 3.8) is 0 Å². The summed E-state index contributed by atoms with van der Waals surface area (Å²) in [5.41, 5.74) is 1.61. The van der Waals surface area contributed by atoms with Gasteiger partial charge in [-0.2, -0.15) is 0 Å². The second-order valence-corrected chi connectivity index (χ2v) is 5.79. The number of amides is 1. The van der Waals surface area contributed by atoms with Gasteiger partial charge in [-0.1, -0.05) is 53.5 Å². The summed E-state index contributed by atoms with van der Waals surface area (Å²) in [5, 5.41) is 13.8. The summed E-state index contributed by atoms with van der Waals surface area (Å²) in [4.78, 5) is 12.0. The zero-order chi connectivity index (χ0) is 16.7. The first-order valence-electron chi connectivity index (χ1n) is 7.19. The number of carbonyl (C=O) groups excluding carboxylic acids is 1. The molecule has 0 aromatic heterocycles. The molecule has 1 amide bonds. The molecule has 3 N–H and O–H groups in total. The van der Waals surface area contributed by atoms with Crippen molar-refractivity contribution in [2.45, 2.75) is 12.8 Å². The predicted octanol–water partition coefficient (Wildman–Crippen LogP) is 3.88. The van der Waals surface area contributed by atoms with Gasteiger partial charge in [-0.25, -0.2) is 0 Å². The molecule has 0 heterocycles. The number of hydrogen-bond donors (Lipinski definition) is 3. The Hall–Kier alpha value is -2.04. The molecule has 0 saturated carbocycles. The molecule has 4 nitrogen and oxygen atoms in total. The van der Waals surface area contributed by atoms with Crippen LogP contribution in [0.4, 0.5) is 0 Å². The van der Waals surface area contributed by atoms with E-state index in [9.17, 15) is 4.79 Å². The first kappa shape index (κ1) is 17.3. The third-order valence-electron chi connectivity index (χ3n) is 3.21. The summed E-state index contributed by atoms with van der Waals surface area (Å²) in [6.07, 6.45) is 1.79. The summed E-state index contributed by atoms with van der Waals surface area (Å²) in [6.45, 7) is 0.607. The lowest BCUT2D eigenvalue weighted by Gasteiger charge is -2.10. The van der Waals surface area contributed by atoms with Gasteiger partial charge < -0.3 is 5.32 Å². The third-order valence-corrected chi connectivity index (χ3v) is 3.95. The molecule has 0 aliphatic heterocycles. The maximum absolute atomic E-state index is 12.0. The lowest BCUT2D eigenvalue weighted by molar-refractivity contribution is 0.0975. The van der Waals surface area contributed by atoms with Crippen molar-refractivity contribution >= 4 is 35.1 Å². The molecule has 0 saturated heterocycles. The van der Waals surface area contributed by atoms with E-state index in [-0.39, 0.29) is 5.96 Å². The Morgan fingerprint density at radius 2 is 1.78 bits per heavy atom. The number of carbonyl (C=O) groups is 1. The SMILES string of the molecule is N=C(NCCCc1ccccc1)NC(=O)c1ccc(Cl)c(Cl)c1. The highest BCUT2D eigenvalue weighted by molar-refractivity contribution is 6.42. The molecule has 0 unspecified atom stereocenters. The topological polar surface area (TPSA) is 65.0 Å². The first-order valence-corrected chi connectivity index (χ1v) is 7.94. The molecule has 0 aliphatic rings. The van der Waals surface area contributed by atoms with E-state index in [1.165, 1.54) is 11.6 Å². The minimum absolute atomic E-state index is 0.0332. The quantitative estimate of drug-likeness (QED) is 0.435. The van der Waals surface area contributed by atoms with Crippen molar-refractivity contribution in [2.75, 3.05) is 6.54 Å². The molecule has 23 heavy (non-hydrogen) atoms. The van der Waals surface area contributed by atoms with Gasteiger partial charge in [-0.3, -0.25) is 15.5 Å². The van der Waals surface area contributed by atoms with Gasteiger partial charge in [0.15, 0.2) is 5.96 Å². The standard InChI is InChI=1S/C17H17Cl2N3O/c18-14-9-8-13(11-15(14)19)16(23)22-17(20)21-10-4-7-12-5-2-1-3-6-12/h1-3,5-6,8-9,11H,4,7,10H2,(H3,20,21,22,23). The summed E-state index contributed by atoms with van der Waals surface area (Å²) in [5.74, 6) is -0.432. The largest absolute Gasteiger partial charge is 0.356 e. The molecule has 0 fully saturated rings. The van der Waals surface area contributed by atoms with Gasteiger partial charge in [-0.15, -0.1) is 0 Å². The normalized spacial score (nSPS) is 10.2. The molecule has 0 radical (unpaired) electrons. The number of guanidine groups is 1. The average molecular weight is 350 g/mol. The number of aryl methyl sites for hydroxylation is 1. The molecule has 0 aliphatic carbocycles. The highest BCUT2D eigenvalue weighted by Gasteiger charge is 2.09. The van der Waals surface area contributed by atoms with Gasteiger partial charge >= 0.3 is 0 Å². The number of rotatable bonds is 5. The first-order chi connectivity index (χ1) is 11.1. The number of nitrogens with one attached hydrogen (secondary N) is 3. The Bertz CT molecular complexity index is 689. The molecule has 0 bridgehead atoms. The van der Waals surface area contributed by atoms with Crippen molar-refractivity contribution in [3.8, 4) is 0 Å². The Kier molecular flexibility index (Phi) is 6.44. The van der Waals surface area contributed by atoms with E-state index >= 15 is 0 Å². The van der Waals surface area contributed by atoms with Crippen LogP contribution in [-0.4, -0.2) is 18.4 Å². The van der Waals surface area contributed by atoms with Crippen LogP contribution in [0.2, 0.25) is 10.0 Å². The van der Waals surface area contributed by atoms with Crippen LogP contribution in [0.1, 0.15) is 22.3 Å². The lowest BCUT2D eigenvalue weighted by Crippen LogP contribution is -2.40. The second-order valence-electron chi connectivity index (χ2n) is 4.97. The van der Waals surface area contributed by atoms with Crippen molar-refractivity contribution in [1.82, 2.24) is 10.6 Å². The third kappa shape index (κ3) is 5.58. The zero-order valence-electron chi connectivity index (χ0n) is 12.4. The van der Waals surface area contributed by atoms with Crippen LogP contribution in [0.15, 0.2) is 48.5 Å². The van der Waals surface area contributed by atoms with E-state index < -0.39 is 5.91 Å². The van der Waals surface area contributed by atoms with Crippen LogP contribution in [0, 0.1) is 5.41 Å². The summed E-state index contributed by atoms with van der Waals surface area (Å²) >= 11 is 11.7. The van der Waals surface area contributed by atoms with Gasteiger partial charge in [0.25, 0.3) is 5.91 Å². The Morgan fingerprint density at radius 3 is 2.48 bits per heavy atom. The van der Waals surface area contributed by atoms with Gasteiger partial charge in [0.05, 0.1) is 10.0 Å². The molecule has 0 atom stereocenters. The molecule has 2 rings (SSSR count). The van der Waals surface area contributed by atoms with Gasteiger partial charge in [0.1, 0.15) is 0 Å². The van der Waals surface area contributed by atoms with E-state index in [0.717, 1.165) is 12.8 Å². The summed E-state index contributed by atoms with van der Waals surface area (Å²) in [7, 11) is 0. The molecular formula is C17H17Cl2N3O. The monoisotopic (exact) mass is 349 g/mol. The maximum atomic E-state index is 12.0. The van der Waals surface area contributed by atoms with Crippen LogP contribution in [0.3, 0.4) is 0 Å².